The molecule has 0 saturated heterocycles. The van der Waals surface area contributed by atoms with Crippen molar-refractivity contribution in [2.45, 2.75) is 20.2 Å². The van der Waals surface area contributed by atoms with Crippen molar-refractivity contribution in [1.29, 1.82) is 0 Å². The van der Waals surface area contributed by atoms with Crippen LogP contribution in [-0.4, -0.2) is 12.1 Å². The number of ether oxygens (including phenoxy) is 1. The zero-order valence-electron chi connectivity index (χ0n) is 8.48. The largest absolute Gasteiger partial charge is 0.573 e. The highest BCUT2D eigenvalue weighted by Gasteiger charge is 2.31. The second-order valence-electron chi connectivity index (χ2n) is 3.20. The molecule has 88 valence electrons. The summed E-state index contributed by atoms with van der Waals surface area (Å²) in [6, 6.07) is 2.30. The van der Waals surface area contributed by atoms with Gasteiger partial charge in [0.1, 0.15) is 5.75 Å². The molecule has 0 aromatic heterocycles. The van der Waals surface area contributed by atoms with Gasteiger partial charge in [0.25, 0.3) is 0 Å². The van der Waals surface area contributed by atoms with Gasteiger partial charge in [0.2, 0.25) is 0 Å². The molecule has 1 rings (SSSR count). The predicted molar refractivity (Wildman–Crippen MR) is 55.6 cm³/mol. The third-order valence-electron chi connectivity index (χ3n) is 1.85. The van der Waals surface area contributed by atoms with Gasteiger partial charge in [0, 0.05) is 10.0 Å². The van der Waals surface area contributed by atoms with Gasteiger partial charge in [0.15, 0.2) is 5.78 Å². The summed E-state index contributed by atoms with van der Waals surface area (Å²) in [6.07, 6.45) is -4.73. The van der Waals surface area contributed by atoms with Crippen LogP contribution in [0.3, 0.4) is 0 Å². The van der Waals surface area contributed by atoms with Crippen molar-refractivity contribution in [3.8, 4) is 5.75 Å². The number of alkyl halides is 3. The minimum atomic E-state index is -4.73. The van der Waals surface area contributed by atoms with E-state index in [1.165, 1.54) is 13.0 Å². The van der Waals surface area contributed by atoms with Crippen molar-refractivity contribution in [1.82, 2.24) is 0 Å². The number of carbonyl (C=O) groups is 1. The van der Waals surface area contributed by atoms with Crippen molar-refractivity contribution >= 4 is 21.7 Å². The van der Waals surface area contributed by atoms with Gasteiger partial charge in [-0.3, -0.25) is 4.79 Å². The van der Waals surface area contributed by atoms with Crippen LogP contribution in [0.5, 0.6) is 5.75 Å². The van der Waals surface area contributed by atoms with Crippen LogP contribution >= 0.6 is 15.9 Å². The molecule has 0 aliphatic heterocycles. The van der Waals surface area contributed by atoms with E-state index in [4.69, 9.17) is 0 Å². The standard InChI is InChI=1S/C10H8BrF3O2/c1-5-3-7(16-10(12,13)14)4-8(11)9(5)6(2)15/h3-4H,1-2H3. The molecular formula is C10H8BrF3O2. The van der Waals surface area contributed by atoms with E-state index in [2.05, 4.69) is 20.7 Å². The molecular weight excluding hydrogens is 289 g/mol. The Morgan fingerprint density at radius 1 is 1.38 bits per heavy atom. The second kappa shape index (κ2) is 4.45. The minimum Gasteiger partial charge on any atom is -0.406 e. The van der Waals surface area contributed by atoms with Crippen LogP contribution in [0.25, 0.3) is 0 Å². The lowest BCUT2D eigenvalue weighted by Gasteiger charge is -2.12. The molecule has 1 aromatic rings. The van der Waals surface area contributed by atoms with Gasteiger partial charge in [-0.1, -0.05) is 0 Å². The smallest absolute Gasteiger partial charge is 0.406 e. The lowest BCUT2D eigenvalue weighted by atomic mass is 10.1. The molecule has 0 fully saturated rings. The summed E-state index contributed by atoms with van der Waals surface area (Å²) >= 11 is 3.04. The monoisotopic (exact) mass is 296 g/mol. The first-order chi connectivity index (χ1) is 7.20. The zero-order valence-corrected chi connectivity index (χ0v) is 10.1. The maximum absolute atomic E-state index is 12.0. The molecule has 0 heterocycles. The zero-order chi connectivity index (χ0) is 12.5. The van der Waals surface area contributed by atoms with Crippen LogP contribution in [0.2, 0.25) is 0 Å². The summed E-state index contributed by atoms with van der Waals surface area (Å²) in [5, 5.41) is 0. The molecule has 0 aliphatic carbocycles. The molecule has 0 N–H and O–H groups in total. The molecule has 0 amide bonds. The molecule has 6 heteroatoms. The Bertz CT molecular complexity index is 404. The van der Waals surface area contributed by atoms with Gasteiger partial charge in [0.05, 0.1) is 0 Å². The molecule has 2 nitrogen and oxygen atoms in total. The number of hydrogen-bond acceptors (Lipinski definition) is 2. The third kappa shape index (κ3) is 3.23. The van der Waals surface area contributed by atoms with E-state index in [1.807, 2.05) is 0 Å². The summed E-state index contributed by atoms with van der Waals surface area (Å²) in [5.41, 5.74) is 0.788. The maximum Gasteiger partial charge on any atom is 0.573 e. The third-order valence-corrected chi connectivity index (χ3v) is 2.47. The van der Waals surface area contributed by atoms with Crippen molar-refractivity contribution in [3.63, 3.8) is 0 Å². The molecule has 0 radical (unpaired) electrons. The quantitative estimate of drug-likeness (QED) is 0.775. The molecule has 16 heavy (non-hydrogen) atoms. The van der Waals surface area contributed by atoms with Crippen LogP contribution in [0.15, 0.2) is 16.6 Å². The fraction of sp³-hybridized carbons (Fsp3) is 0.300. The van der Waals surface area contributed by atoms with Crippen LogP contribution in [0.4, 0.5) is 13.2 Å². The first kappa shape index (κ1) is 13.0. The molecule has 0 spiro atoms. The van der Waals surface area contributed by atoms with Crippen molar-refractivity contribution in [2.24, 2.45) is 0 Å². The Morgan fingerprint density at radius 3 is 2.31 bits per heavy atom. The number of benzene rings is 1. The number of aryl methyl sites for hydroxylation is 1. The lowest BCUT2D eigenvalue weighted by molar-refractivity contribution is -0.274. The number of ketones is 1. The van der Waals surface area contributed by atoms with E-state index in [-0.39, 0.29) is 11.5 Å². The van der Waals surface area contributed by atoms with E-state index >= 15 is 0 Å². The van der Waals surface area contributed by atoms with Crippen LogP contribution < -0.4 is 4.74 Å². The highest BCUT2D eigenvalue weighted by Crippen LogP contribution is 2.30. The first-order valence-corrected chi connectivity index (χ1v) is 5.07. The number of halogens is 4. The summed E-state index contributed by atoms with van der Waals surface area (Å²) in [7, 11) is 0. The van der Waals surface area contributed by atoms with Gasteiger partial charge in [-0.15, -0.1) is 13.2 Å². The van der Waals surface area contributed by atoms with Gasteiger partial charge < -0.3 is 4.74 Å². The Kier molecular flexibility index (Phi) is 3.62. The van der Waals surface area contributed by atoms with E-state index in [0.717, 1.165) is 6.07 Å². The van der Waals surface area contributed by atoms with Crippen molar-refractivity contribution in [2.75, 3.05) is 0 Å². The van der Waals surface area contributed by atoms with Gasteiger partial charge in [-0.25, -0.2) is 0 Å². The van der Waals surface area contributed by atoms with Crippen LogP contribution in [0.1, 0.15) is 22.8 Å². The van der Waals surface area contributed by atoms with Gasteiger partial charge in [-0.2, -0.15) is 0 Å². The average molecular weight is 297 g/mol. The Labute approximate surface area is 98.5 Å². The molecule has 0 aliphatic rings. The molecule has 0 bridgehead atoms. The summed E-state index contributed by atoms with van der Waals surface area (Å²) in [4.78, 5) is 11.2. The number of Topliss-reactive ketones (excluding diaryl/α,β-unsaturated/α-hetero) is 1. The number of carbonyl (C=O) groups excluding carboxylic acids is 1. The number of hydrogen-bond donors (Lipinski definition) is 0. The predicted octanol–water partition coefficient (Wildman–Crippen LogP) is 3.86. The highest BCUT2D eigenvalue weighted by atomic mass is 79.9. The van der Waals surface area contributed by atoms with E-state index in [9.17, 15) is 18.0 Å². The van der Waals surface area contributed by atoms with Crippen molar-refractivity contribution < 1.29 is 22.7 Å². The second-order valence-corrected chi connectivity index (χ2v) is 4.06. The van der Waals surface area contributed by atoms with Gasteiger partial charge >= 0.3 is 6.36 Å². The average Bonchev–Trinajstić information content (AvgIpc) is 1.96. The first-order valence-electron chi connectivity index (χ1n) is 4.27. The Balaban J connectivity index is 3.15. The SMILES string of the molecule is CC(=O)c1c(C)cc(OC(F)(F)F)cc1Br. The maximum atomic E-state index is 12.0. The molecule has 1 aromatic carbocycles. The molecule has 0 unspecified atom stereocenters. The van der Waals surface area contributed by atoms with Crippen LogP contribution in [-0.2, 0) is 0 Å². The normalized spacial score (nSPS) is 11.4. The Morgan fingerprint density at radius 2 is 1.94 bits per heavy atom. The van der Waals surface area contributed by atoms with Crippen LogP contribution in [0, 0.1) is 6.92 Å². The topological polar surface area (TPSA) is 26.3 Å². The summed E-state index contributed by atoms with van der Waals surface area (Å²) in [6.45, 7) is 2.89. The molecule has 0 saturated carbocycles. The summed E-state index contributed by atoms with van der Waals surface area (Å²) < 4.78 is 39.9. The van der Waals surface area contributed by atoms with E-state index in [1.54, 1.807) is 6.92 Å². The van der Waals surface area contributed by atoms with E-state index in [0.29, 0.717) is 15.6 Å². The summed E-state index contributed by atoms with van der Waals surface area (Å²) in [5.74, 6) is -0.565. The van der Waals surface area contributed by atoms with E-state index < -0.39 is 6.36 Å². The minimum absolute atomic E-state index is 0.220. The fourth-order valence-corrected chi connectivity index (χ4v) is 2.17. The number of rotatable bonds is 2. The lowest BCUT2D eigenvalue weighted by Crippen LogP contribution is -2.17. The fourth-order valence-electron chi connectivity index (χ4n) is 1.35. The highest BCUT2D eigenvalue weighted by molar-refractivity contribution is 9.10. The van der Waals surface area contributed by atoms with Gasteiger partial charge in [-0.05, 0) is 47.5 Å². The van der Waals surface area contributed by atoms with Crippen molar-refractivity contribution in [3.05, 3.63) is 27.7 Å². The Hall–Kier alpha value is -1.04. The molecule has 0 atom stereocenters.